The van der Waals surface area contributed by atoms with Crippen LogP contribution in [0.5, 0.6) is 5.75 Å². The molecule has 154 valence electrons. The molecule has 0 unspecified atom stereocenters. The van der Waals surface area contributed by atoms with Gasteiger partial charge in [0.05, 0.1) is 18.5 Å². The maximum Gasteiger partial charge on any atom is 0.355 e. The van der Waals surface area contributed by atoms with Crippen LogP contribution in [0.1, 0.15) is 5.69 Å². The van der Waals surface area contributed by atoms with Crippen LogP contribution in [0.3, 0.4) is 0 Å². The number of ether oxygens (including phenoxy) is 1. The fourth-order valence-electron chi connectivity index (χ4n) is 3.77. The Hall–Kier alpha value is -3.53. The number of hydrogen-bond acceptors (Lipinski definition) is 7. The van der Waals surface area contributed by atoms with Gasteiger partial charge in [-0.25, -0.2) is 23.6 Å². The highest BCUT2D eigenvalue weighted by Crippen LogP contribution is 2.29. The van der Waals surface area contributed by atoms with Crippen LogP contribution in [-0.2, 0) is 0 Å². The summed E-state index contributed by atoms with van der Waals surface area (Å²) in [5, 5.41) is 3.30. The molecule has 0 spiro atoms. The lowest BCUT2D eigenvalue weighted by Crippen LogP contribution is -2.43. The first-order chi connectivity index (χ1) is 14.5. The Morgan fingerprint density at radius 2 is 1.90 bits per heavy atom. The predicted molar refractivity (Wildman–Crippen MR) is 110 cm³/mol. The summed E-state index contributed by atoms with van der Waals surface area (Å²) < 4.78 is 23.0. The topological polar surface area (TPSA) is 89.1 Å². The van der Waals surface area contributed by atoms with Gasteiger partial charge in [0, 0.05) is 56.4 Å². The summed E-state index contributed by atoms with van der Waals surface area (Å²) in [6, 6.07) is 3.00. The molecule has 0 aromatic carbocycles. The molecule has 5 heterocycles. The third kappa shape index (κ3) is 3.05. The summed E-state index contributed by atoms with van der Waals surface area (Å²) in [6.07, 6.45) is 5.07. The number of hydrogen-bond donors (Lipinski definition) is 1. The van der Waals surface area contributed by atoms with Crippen molar-refractivity contribution in [3.63, 3.8) is 0 Å². The second-order valence-corrected chi connectivity index (χ2v) is 7.21. The highest BCUT2D eigenvalue weighted by molar-refractivity contribution is 5.65. The molecule has 0 bridgehead atoms. The number of methoxy groups -OCH3 is 1. The zero-order chi connectivity index (χ0) is 20.8. The van der Waals surface area contributed by atoms with Crippen LogP contribution >= 0.6 is 0 Å². The summed E-state index contributed by atoms with van der Waals surface area (Å²) in [4.78, 5) is 27.7. The maximum absolute atomic E-state index is 14.5. The molecular formula is C20H20FN7O2. The van der Waals surface area contributed by atoms with Crippen molar-refractivity contribution in [3.05, 3.63) is 52.7 Å². The van der Waals surface area contributed by atoms with Gasteiger partial charge in [-0.3, -0.25) is 0 Å². The van der Waals surface area contributed by atoms with Gasteiger partial charge in [0.25, 0.3) is 0 Å². The average molecular weight is 409 g/mol. The van der Waals surface area contributed by atoms with E-state index in [0.29, 0.717) is 22.7 Å². The van der Waals surface area contributed by atoms with Gasteiger partial charge in [-0.15, -0.1) is 0 Å². The number of fused-ring (bicyclic) bond motifs is 2. The normalized spacial score (nSPS) is 14.6. The third-order valence-corrected chi connectivity index (χ3v) is 5.20. The quantitative estimate of drug-likeness (QED) is 0.545. The van der Waals surface area contributed by atoms with Crippen molar-refractivity contribution < 1.29 is 9.13 Å². The average Bonchev–Trinajstić information content (AvgIpc) is 3.14. The number of anilines is 1. The van der Waals surface area contributed by atoms with Gasteiger partial charge in [0.1, 0.15) is 11.4 Å². The van der Waals surface area contributed by atoms with Gasteiger partial charge in [0.2, 0.25) is 0 Å². The van der Waals surface area contributed by atoms with Crippen molar-refractivity contribution in [2.45, 2.75) is 6.92 Å². The van der Waals surface area contributed by atoms with Crippen LogP contribution in [-0.4, -0.2) is 57.0 Å². The monoisotopic (exact) mass is 409 g/mol. The minimum absolute atomic E-state index is 0.143. The Morgan fingerprint density at radius 3 is 2.67 bits per heavy atom. The van der Waals surface area contributed by atoms with Crippen LogP contribution < -0.4 is 20.6 Å². The highest BCUT2D eigenvalue weighted by atomic mass is 19.1. The van der Waals surface area contributed by atoms with E-state index >= 15 is 0 Å². The summed E-state index contributed by atoms with van der Waals surface area (Å²) >= 11 is 0. The number of halogens is 1. The molecule has 0 atom stereocenters. The van der Waals surface area contributed by atoms with Crippen LogP contribution in [0.2, 0.25) is 0 Å². The smallest absolute Gasteiger partial charge is 0.355 e. The third-order valence-electron chi connectivity index (χ3n) is 5.20. The first-order valence-electron chi connectivity index (χ1n) is 9.63. The van der Waals surface area contributed by atoms with E-state index in [1.54, 1.807) is 43.1 Å². The number of aromatic nitrogens is 5. The largest absolute Gasteiger partial charge is 0.494 e. The van der Waals surface area contributed by atoms with E-state index in [0.717, 1.165) is 31.9 Å². The molecule has 4 aromatic rings. The summed E-state index contributed by atoms with van der Waals surface area (Å²) in [6.45, 7) is 5.10. The Bertz CT molecular complexity index is 1320. The molecule has 0 aliphatic carbocycles. The predicted octanol–water partition coefficient (Wildman–Crippen LogP) is 1.27. The minimum atomic E-state index is -0.504. The van der Waals surface area contributed by atoms with E-state index in [-0.39, 0.29) is 11.5 Å². The van der Waals surface area contributed by atoms with Gasteiger partial charge < -0.3 is 19.4 Å². The molecular weight excluding hydrogens is 389 g/mol. The molecule has 1 saturated heterocycles. The summed E-state index contributed by atoms with van der Waals surface area (Å²) in [5.74, 6) is 0.257. The van der Waals surface area contributed by atoms with Crippen molar-refractivity contribution >= 4 is 17.0 Å². The fourth-order valence-corrected chi connectivity index (χ4v) is 3.77. The number of nitrogens with one attached hydrogen (secondary N) is 1. The molecule has 4 aromatic heterocycles. The van der Waals surface area contributed by atoms with Crippen LogP contribution in [0.15, 0.2) is 35.5 Å². The molecule has 1 aliphatic rings. The molecule has 1 N–H and O–H groups in total. The number of imidazole rings is 1. The molecule has 10 heteroatoms. The number of pyridine rings is 2. The lowest BCUT2D eigenvalue weighted by Gasteiger charge is -2.30. The van der Waals surface area contributed by atoms with E-state index in [1.165, 1.54) is 10.5 Å². The van der Waals surface area contributed by atoms with Crippen molar-refractivity contribution in [1.29, 1.82) is 0 Å². The van der Waals surface area contributed by atoms with Gasteiger partial charge >= 0.3 is 5.69 Å². The van der Waals surface area contributed by atoms with Gasteiger partial charge in [-0.05, 0) is 13.0 Å². The van der Waals surface area contributed by atoms with Gasteiger partial charge in [0.15, 0.2) is 17.3 Å². The molecule has 5 rings (SSSR count). The zero-order valence-corrected chi connectivity index (χ0v) is 16.6. The molecule has 0 amide bonds. The molecule has 0 radical (unpaired) electrons. The Labute approximate surface area is 170 Å². The Balaban J connectivity index is 1.66. The Kier molecular flexibility index (Phi) is 4.35. The second kappa shape index (κ2) is 7.06. The SMILES string of the molecule is COc1cc2nc(-c3cc(F)c4nc(C)cn4c3)nc(=O)n2cc1N1CCNCC1. The van der Waals surface area contributed by atoms with E-state index < -0.39 is 11.5 Å². The van der Waals surface area contributed by atoms with Crippen molar-refractivity contribution in [2.75, 3.05) is 38.2 Å². The Morgan fingerprint density at radius 1 is 1.10 bits per heavy atom. The highest BCUT2D eigenvalue weighted by Gasteiger charge is 2.18. The van der Waals surface area contributed by atoms with Crippen LogP contribution in [0.25, 0.3) is 22.7 Å². The number of piperazine rings is 1. The number of nitrogens with zero attached hydrogens (tertiary/aromatic N) is 6. The first-order valence-corrected chi connectivity index (χ1v) is 9.63. The minimum Gasteiger partial charge on any atom is -0.494 e. The van der Waals surface area contributed by atoms with Crippen LogP contribution in [0.4, 0.5) is 10.1 Å². The van der Waals surface area contributed by atoms with Crippen molar-refractivity contribution in [1.82, 2.24) is 29.1 Å². The van der Waals surface area contributed by atoms with E-state index in [9.17, 15) is 9.18 Å². The summed E-state index contributed by atoms with van der Waals surface area (Å²) in [5.41, 5.74) is 2.00. The van der Waals surface area contributed by atoms with Gasteiger partial charge in [-0.1, -0.05) is 0 Å². The first kappa shape index (κ1) is 18.5. The molecule has 1 fully saturated rings. The van der Waals surface area contributed by atoms with E-state index in [1.807, 2.05) is 0 Å². The van der Waals surface area contributed by atoms with E-state index in [2.05, 4.69) is 25.2 Å². The molecule has 9 nitrogen and oxygen atoms in total. The standard InChI is InChI=1S/C20H20FN7O2/c1-12-9-27-10-13(7-14(21)19(27)23-12)18-24-17-8-16(30-2)15(11-28(17)20(29)25-18)26-5-3-22-4-6-26/h7-11,22H,3-6H2,1-2H3. The lowest BCUT2D eigenvalue weighted by molar-refractivity contribution is 0.412. The number of aryl methyl sites for hydroxylation is 1. The molecule has 30 heavy (non-hydrogen) atoms. The van der Waals surface area contributed by atoms with Crippen LogP contribution in [0, 0.1) is 12.7 Å². The van der Waals surface area contributed by atoms with E-state index in [4.69, 9.17) is 4.74 Å². The van der Waals surface area contributed by atoms with Crippen molar-refractivity contribution in [3.8, 4) is 17.1 Å². The fraction of sp³-hybridized carbons (Fsp3) is 0.300. The van der Waals surface area contributed by atoms with Gasteiger partial charge in [-0.2, -0.15) is 4.98 Å². The molecule has 0 saturated carbocycles. The lowest BCUT2D eigenvalue weighted by atomic mass is 10.2. The molecule has 1 aliphatic heterocycles. The zero-order valence-electron chi connectivity index (χ0n) is 16.6. The summed E-state index contributed by atoms with van der Waals surface area (Å²) in [7, 11) is 1.59. The second-order valence-electron chi connectivity index (χ2n) is 7.21. The number of rotatable bonds is 3. The van der Waals surface area contributed by atoms with Crippen molar-refractivity contribution in [2.24, 2.45) is 0 Å². The maximum atomic E-state index is 14.5.